The van der Waals surface area contributed by atoms with Gasteiger partial charge in [-0.25, -0.2) is 4.79 Å². The molecule has 4 nitrogen and oxygen atoms in total. The Hall–Kier alpha value is -2.14. The van der Waals surface area contributed by atoms with Gasteiger partial charge >= 0.3 is 5.97 Å². The number of nitrogens with one attached hydrogen (secondary N) is 1. The summed E-state index contributed by atoms with van der Waals surface area (Å²) in [5.74, 6) is -1.30. The zero-order valence-corrected chi connectivity index (χ0v) is 13.4. The predicted octanol–water partition coefficient (Wildman–Crippen LogP) is 3.24. The molecular weight excluding hydrogens is 298 g/mol. The van der Waals surface area contributed by atoms with Crippen LogP contribution in [0.4, 0.5) is 0 Å². The van der Waals surface area contributed by atoms with E-state index < -0.39 is 12.0 Å². The summed E-state index contributed by atoms with van der Waals surface area (Å²) in [4.78, 5) is 23.5. The van der Waals surface area contributed by atoms with E-state index in [1.807, 2.05) is 36.7 Å². The Morgan fingerprint density at radius 3 is 2.45 bits per heavy atom. The molecule has 0 spiro atoms. The predicted molar refractivity (Wildman–Crippen MR) is 87.1 cm³/mol. The van der Waals surface area contributed by atoms with E-state index in [9.17, 15) is 14.7 Å². The minimum atomic E-state index is -1.05. The van der Waals surface area contributed by atoms with E-state index >= 15 is 0 Å². The molecule has 2 N–H and O–H groups in total. The minimum Gasteiger partial charge on any atom is -0.479 e. The molecule has 0 radical (unpaired) electrons. The first-order valence-electron chi connectivity index (χ1n) is 7.07. The second-order valence-corrected chi connectivity index (χ2v) is 6.17. The Bertz CT molecular complexity index is 644. The molecule has 0 bridgehead atoms. The van der Waals surface area contributed by atoms with Crippen LogP contribution in [0.25, 0.3) is 0 Å². The molecule has 5 heteroatoms. The van der Waals surface area contributed by atoms with Crippen LogP contribution in [0.3, 0.4) is 0 Å². The summed E-state index contributed by atoms with van der Waals surface area (Å²) >= 11 is 1.58. The van der Waals surface area contributed by atoms with Crippen molar-refractivity contribution in [2.45, 2.75) is 32.7 Å². The fourth-order valence-corrected chi connectivity index (χ4v) is 3.09. The van der Waals surface area contributed by atoms with E-state index in [-0.39, 0.29) is 12.3 Å². The molecular formula is C17H19NO3S. The van der Waals surface area contributed by atoms with Crippen molar-refractivity contribution >= 4 is 23.2 Å². The Morgan fingerprint density at radius 1 is 1.23 bits per heavy atom. The number of benzene rings is 1. The lowest BCUT2D eigenvalue weighted by atomic mass is 10.0. The number of aliphatic carboxylic acids is 1. The summed E-state index contributed by atoms with van der Waals surface area (Å²) in [6.45, 7) is 3.82. The van der Waals surface area contributed by atoms with E-state index in [1.165, 1.54) is 0 Å². The fraction of sp³-hybridized carbons (Fsp3) is 0.294. The first kappa shape index (κ1) is 16.2. The second-order valence-electron chi connectivity index (χ2n) is 5.39. The number of aryl methyl sites for hydroxylation is 3. The lowest BCUT2D eigenvalue weighted by Gasteiger charge is -2.16. The highest BCUT2D eigenvalue weighted by Crippen LogP contribution is 2.18. The summed E-state index contributed by atoms with van der Waals surface area (Å²) in [5.41, 5.74) is 3.66. The standard InChI is InChI=1S/C17H19NO3S/c1-11-7-12(2)9-14(8-11)16(17(20)21)18-15(19)4-3-13-5-6-22-10-13/h5-10,16H,3-4H2,1-2H3,(H,18,19)(H,20,21). The van der Waals surface area contributed by atoms with E-state index in [0.29, 0.717) is 12.0 Å². The van der Waals surface area contributed by atoms with Gasteiger partial charge in [0.25, 0.3) is 0 Å². The summed E-state index contributed by atoms with van der Waals surface area (Å²) < 4.78 is 0. The molecule has 0 saturated carbocycles. The maximum absolute atomic E-state index is 12.0. The SMILES string of the molecule is Cc1cc(C)cc(C(NC(=O)CCc2ccsc2)C(=O)O)c1. The number of carboxylic acids is 1. The van der Waals surface area contributed by atoms with Crippen LogP contribution in [-0.4, -0.2) is 17.0 Å². The lowest BCUT2D eigenvalue weighted by Crippen LogP contribution is -2.34. The van der Waals surface area contributed by atoms with E-state index in [4.69, 9.17) is 0 Å². The number of carbonyl (C=O) groups excluding carboxylic acids is 1. The summed E-state index contributed by atoms with van der Waals surface area (Å²) in [7, 11) is 0. The van der Waals surface area contributed by atoms with Gasteiger partial charge in [0.15, 0.2) is 6.04 Å². The molecule has 0 aliphatic heterocycles. The van der Waals surface area contributed by atoms with Crippen LogP contribution in [0.15, 0.2) is 35.0 Å². The highest BCUT2D eigenvalue weighted by Gasteiger charge is 2.22. The number of carboxylic acid groups (broad SMARTS) is 1. The van der Waals surface area contributed by atoms with Crippen LogP contribution in [0.1, 0.15) is 34.7 Å². The van der Waals surface area contributed by atoms with Crippen molar-refractivity contribution in [1.82, 2.24) is 5.32 Å². The summed E-state index contributed by atoms with van der Waals surface area (Å²) in [6, 6.07) is 6.53. The first-order chi connectivity index (χ1) is 10.5. The monoisotopic (exact) mass is 317 g/mol. The van der Waals surface area contributed by atoms with Gasteiger partial charge in [-0.2, -0.15) is 11.3 Å². The van der Waals surface area contributed by atoms with E-state index in [0.717, 1.165) is 16.7 Å². The molecule has 2 aromatic rings. The van der Waals surface area contributed by atoms with Crippen LogP contribution in [-0.2, 0) is 16.0 Å². The molecule has 0 aliphatic rings. The van der Waals surface area contributed by atoms with Crippen molar-refractivity contribution in [3.63, 3.8) is 0 Å². The van der Waals surface area contributed by atoms with Crippen molar-refractivity contribution in [3.05, 3.63) is 57.3 Å². The smallest absolute Gasteiger partial charge is 0.330 e. The Balaban J connectivity index is 2.05. The third kappa shape index (κ3) is 4.43. The minimum absolute atomic E-state index is 0.252. The molecule has 1 unspecified atom stereocenters. The quantitative estimate of drug-likeness (QED) is 0.859. The highest BCUT2D eigenvalue weighted by atomic mass is 32.1. The van der Waals surface area contributed by atoms with Gasteiger partial charge in [0.1, 0.15) is 0 Å². The van der Waals surface area contributed by atoms with Crippen LogP contribution >= 0.6 is 11.3 Å². The molecule has 1 heterocycles. The highest BCUT2D eigenvalue weighted by molar-refractivity contribution is 7.07. The number of amides is 1. The molecule has 116 valence electrons. The maximum Gasteiger partial charge on any atom is 0.330 e. The molecule has 0 saturated heterocycles. The van der Waals surface area contributed by atoms with Crippen molar-refractivity contribution in [1.29, 1.82) is 0 Å². The van der Waals surface area contributed by atoms with Crippen LogP contribution in [0.5, 0.6) is 0 Å². The van der Waals surface area contributed by atoms with Gasteiger partial charge < -0.3 is 10.4 Å². The molecule has 0 fully saturated rings. The molecule has 22 heavy (non-hydrogen) atoms. The van der Waals surface area contributed by atoms with Crippen molar-refractivity contribution in [3.8, 4) is 0 Å². The Labute approximate surface area is 133 Å². The van der Waals surface area contributed by atoms with Crippen molar-refractivity contribution in [2.24, 2.45) is 0 Å². The number of hydrogen-bond acceptors (Lipinski definition) is 3. The molecule has 1 atom stereocenters. The van der Waals surface area contributed by atoms with Gasteiger partial charge in [0.2, 0.25) is 5.91 Å². The van der Waals surface area contributed by atoms with Crippen LogP contribution in [0, 0.1) is 13.8 Å². The van der Waals surface area contributed by atoms with Gasteiger partial charge in [-0.3, -0.25) is 4.79 Å². The summed E-state index contributed by atoms with van der Waals surface area (Å²) in [5, 5.41) is 16.0. The van der Waals surface area contributed by atoms with Gasteiger partial charge in [0.05, 0.1) is 0 Å². The number of thiophene rings is 1. The topological polar surface area (TPSA) is 66.4 Å². The zero-order chi connectivity index (χ0) is 16.1. The number of carbonyl (C=O) groups is 2. The van der Waals surface area contributed by atoms with Crippen LogP contribution in [0.2, 0.25) is 0 Å². The van der Waals surface area contributed by atoms with Crippen molar-refractivity contribution in [2.75, 3.05) is 0 Å². The first-order valence-corrected chi connectivity index (χ1v) is 8.01. The number of hydrogen-bond donors (Lipinski definition) is 2. The van der Waals surface area contributed by atoms with Crippen molar-refractivity contribution < 1.29 is 14.7 Å². The Kier molecular flexibility index (Phi) is 5.33. The average Bonchev–Trinajstić information content (AvgIpc) is 2.94. The molecule has 1 aromatic carbocycles. The van der Waals surface area contributed by atoms with Crippen LogP contribution < -0.4 is 5.32 Å². The van der Waals surface area contributed by atoms with E-state index in [1.54, 1.807) is 23.5 Å². The fourth-order valence-electron chi connectivity index (χ4n) is 2.39. The third-order valence-corrected chi connectivity index (χ3v) is 4.08. The Morgan fingerprint density at radius 2 is 1.91 bits per heavy atom. The normalized spacial score (nSPS) is 11.9. The molecule has 2 rings (SSSR count). The van der Waals surface area contributed by atoms with Gasteiger partial charge in [-0.1, -0.05) is 29.3 Å². The third-order valence-electron chi connectivity index (χ3n) is 3.35. The second kappa shape index (κ2) is 7.22. The van der Waals surface area contributed by atoms with E-state index in [2.05, 4.69) is 5.32 Å². The summed E-state index contributed by atoms with van der Waals surface area (Å²) in [6.07, 6.45) is 0.903. The van der Waals surface area contributed by atoms with Gasteiger partial charge in [-0.15, -0.1) is 0 Å². The maximum atomic E-state index is 12.0. The largest absolute Gasteiger partial charge is 0.479 e. The molecule has 1 aromatic heterocycles. The molecule has 1 amide bonds. The zero-order valence-electron chi connectivity index (χ0n) is 12.6. The molecule has 0 aliphatic carbocycles. The van der Waals surface area contributed by atoms with Gasteiger partial charge in [0, 0.05) is 6.42 Å². The van der Waals surface area contributed by atoms with Gasteiger partial charge in [-0.05, 0) is 48.2 Å². The lowest BCUT2D eigenvalue weighted by molar-refractivity contribution is -0.142. The average molecular weight is 317 g/mol. The number of rotatable bonds is 6.